The van der Waals surface area contributed by atoms with Crippen LogP contribution in [0.5, 0.6) is 0 Å². The average Bonchev–Trinajstić information content (AvgIpc) is 3.22. The second-order valence-electron chi connectivity index (χ2n) is 15.7. The first-order chi connectivity index (χ1) is 29.0. The summed E-state index contributed by atoms with van der Waals surface area (Å²) in [5.74, 6) is -1.17. The van der Waals surface area contributed by atoms with Crippen LogP contribution in [0.15, 0.2) is 0 Å². The number of methoxy groups -OCH3 is 1. The van der Waals surface area contributed by atoms with Gasteiger partial charge in [-0.05, 0) is 39.0 Å². The maximum absolute atomic E-state index is 12.1. The first kappa shape index (κ1) is 59.2. The number of unbranched alkanes of at least 4 members (excludes halogenated alkanes) is 15. The van der Waals surface area contributed by atoms with Crippen molar-refractivity contribution in [3.8, 4) is 0 Å². The normalized spacial score (nSPS) is 11.9. The molecule has 0 saturated heterocycles. The monoisotopic (exact) mass is 858 g/mol. The van der Waals surface area contributed by atoms with Gasteiger partial charge in [0.1, 0.15) is 24.2 Å². The number of Topliss-reactive ketones (excluding diaryl/α,β-unsaturated/α-hetero) is 2. The van der Waals surface area contributed by atoms with E-state index in [-0.39, 0.29) is 54.7 Å². The van der Waals surface area contributed by atoms with E-state index in [0.29, 0.717) is 78.4 Å². The van der Waals surface area contributed by atoms with E-state index in [1.165, 1.54) is 77.0 Å². The number of hydrogen-bond donors (Lipinski definition) is 4. The zero-order chi connectivity index (χ0) is 44.9. The summed E-state index contributed by atoms with van der Waals surface area (Å²) in [6, 6.07) is -1.00. The van der Waals surface area contributed by atoms with E-state index >= 15 is 0 Å². The van der Waals surface area contributed by atoms with E-state index in [1.54, 1.807) is 21.0 Å². The molecule has 3 amide bonds. The van der Waals surface area contributed by atoms with Crippen LogP contribution in [0.1, 0.15) is 182 Å². The lowest BCUT2D eigenvalue weighted by atomic mass is 10.0. The predicted molar refractivity (Wildman–Crippen MR) is 237 cm³/mol. The smallest absolute Gasteiger partial charge is 0.326 e. The maximum Gasteiger partial charge on any atom is 0.326 e. The Morgan fingerprint density at radius 3 is 1.65 bits per heavy atom. The Morgan fingerprint density at radius 2 is 1.08 bits per heavy atom. The summed E-state index contributed by atoms with van der Waals surface area (Å²) >= 11 is 0. The fraction of sp³-hybridized carbons (Fsp3) is 0.870. The van der Waals surface area contributed by atoms with E-state index in [4.69, 9.17) is 18.9 Å². The number of ether oxygens (including phenoxy) is 4. The van der Waals surface area contributed by atoms with Crippen LogP contribution in [0.3, 0.4) is 0 Å². The van der Waals surface area contributed by atoms with Gasteiger partial charge in [-0.3, -0.25) is 24.0 Å². The van der Waals surface area contributed by atoms with Crippen molar-refractivity contribution in [2.45, 2.75) is 188 Å². The molecule has 14 heteroatoms. The topological polar surface area (TPSA) is 196 Å². The molecule has 0 aliphatic carbocycles. The minimum Gasteiger partial charge on any atom is -0.480 e. The standard InChI is InChI=1S/C29H55NO6.C17H32N2O5/c1-3-4-5-6-7-8-9-10-11-12-13-14-15-16-17-20-28(32)30-27(29(33)34)22-21-26(31)19-18-23-36-25-24-35-2;1-4-16(21)19-9-10-23-11-12-24-13-17(22)18-8-6-5-7-14(2)15(3)20/h27H,3-25H2,1-2H3,(H,30,32)(H,33,34);14H,4-13H2,1-3H3,(H,18,22)(H,19,21)/t;14-/m.0/s1. The number of rotatable bonds is 43. The van der Waals surface area contributed by atoms with Gasteiger partial charge >= 0.3 is 5.97 Å². The zero-order valence-corrected chi connectivity index (χ0v) is 38.5. The average molecular weight is 858 g/mol. The first-order valence-electron chi connectivity index (χ1n) is 23.3. The molecule has 4 N–H and O–H groups in total. The van der Waals surface area contributed by atoms with Crippen LogP contribution in [0.4, 0.5) is 0 Å². The zero-order valence-electron chi connectivity index (χ0n) is 38.5. The van der Waals surface area contributed by atoms with Gasteiger partial charge in [0.05, 0.1) is 33.0 Å². The Morgan fingerprint density at radius 1 is 0.533 bits per heavy atom. The Balaban J connectivity index is 0. The van der Waals surface area contributed by atoms with Gasteiger partial charge < -0.3 is 40.0 Å². The van der Waals surface area contributed by atoms with Crippen molar-refractivity contribution in [1.29, 1.82) is 0 Å². The molecule has 0 rings (SSSR count). The lowest BCUT2D eigenvalue weighted by molar-refractivity contribution is -0.142. The van der Waals surface area contributed by atoms with Gasteiger partial charge in [0.25, 0.3) is 0 Å². The highest BCUT2D eigenvalue weighted by molar-refractivity contribution is 5.84. The van der Waals surface area contributed by atoms with Crippen molar-refractivity contribution in [2.24, 2.45) is 5.92 Å². The van der Waals surface area contributed by atoms with E-state index in [9.17, 15) is 33.9 Å². The summed E-state index contributed by atoms with van der Waals surface area (Å²) in [5, 5.41) is 17.4. The lowest BCUT2D eigenvalue weighted by Crippen LogP contribution is -2.41. The van der Waals surface area contributed by atoms with Gasteiger partial charge in [-0.2, -0.15) is 0 Å². The molecule has 0 bridgehead atoms. The largest absolute Gasteiger partial charge is 0.480 e. The highest BCUT2D eigenvalue weighted by Gasteiger charge is 2.20. The van der Waals surface area contributed by atoms with Crippen LogP contribution in [-0.4, -0.2) is 113 Å². The third-order valence-electron chi connectivity index (χ3n) is 10.1. The molecule has 0 aromatic heterocycles. The summed E-state index contributed by atoms with van der Waals surface area (Å²) in [6.45, 7) is 11.3. The van der Waals surface area contributed by atoms with Crippen molar-refractivity contribution >= 4 is 35.3 Å². The molecule has 0 spiro atoms. The van der Waals surface area contributed by atoms with Crippen LogP contribution >= 0.6 is 0 Å². The van der Waals surface area contributed by atoms with Crippen LogP contribution in [-0.2, 0) is 47.7 Å². The number of carboxylic acids is 1. The summed E-state index contributed by atoms with van der Waals surface area (Å²) in [6.07, 6.45) is 23.7. The molecule has 0 aromatic rings. The molecule has 60 heavy (non-hydrogen) atoms. The molecule has 0 aliphatic rings. The number of aliphatic carboxylic acids is 1. The Bertz CT molecular complexity index is 1080. The molecule has 0 fully saturated rings. The van der Waals surface area contributed by atoms with Crippen molar-refractivity contribution in [3.05, 3.63) is 0 Å². The van der Waals surface area contributed by atoms with Crippen LogP contribution in [0.25, 0.3) is 0 Å². The minimum atomic E-state index is -1.09. The van der Waals surface area contributed by atoms with Crippen LogP contribution < -0.4 is 16.0 Å². The third kappa shape index (κ3) is 44.6. The Hall–Kier alpha value is -2.94. The summed E-state index contributed by atoms with van der Waals surface area (Å²) in [7, 11) is 1.60. The van der Waals surface area contributed by atoms with Crippen molar-refractivity contribution in [2.75, 3.05) is 66.4 Å². The highest BCUT2D eigenvalue weighted by atomic mass is 16.5. The molecule has 0 saturated carbocycles. The van der Waals surface area contributed by atoms with E-state index in [0.717, 1.165) is 38.5 Å². The second-order valence-corrected chi connectivity index (χ2v) is 15.7. The van der Waals surface area contributed by atoms with Crippen LogP contribution in [0.2, 0.25) is 0 Å². The minimum absolute atomic E-state index is 0.00210. The quantitative estimate of drug-likeness (QED) is 0.0440. The molecular weight excluding hydrogens is 771 g/mol. The van der Waals surface area contributed by atoms with E-state index < -0.39 is 12.0 Å². The number of nitrogens with one attached hydrogen (secondary N) is 3. The fourth-order valence-electron chi connectivity index (χ4n) is 6.06. The number of carbonyl (C=O) groups excluding carboxylic acids is 5. The highest BCUT2D eigenvalue weighted by Crippen LogP contribution is 2.14. The van der Waals surface area contributed by atoms with Gasteiger partial charge in [-0.15, -0.1) is 0 Å². The Kier molecular flexibility index (Phi) is 44.9. The van der Waals surface area contributed by atoms with E-state index in [1.807, 2.05) is 6.92 Å². The molecule has 1 unspecified atom stereocenters. The van der Waals surface area contributed by atoms with Crippen molar-refractivity contribution < 1.29 is 52.8 Å². The van der Waals surface area contributed by atoms with Gasteiger partial charge in [0.15, 0.2) is 0 Å². The molecule has 14 nitrogen and oxygen atoms in total. The first-order valence-corrected chi connectivity index (χ1v) is 23.3. The predicted octanol–water partition coefficient (Wildman–Crippen LogP) is 7.67. The van der Waals surface area contributed by atoms with Gasteiger partial charge in [-0.1, -0.05) is 117 Å². The molecule has 0 radical (unpaired) electrons. The number of hydrogen-bond acceptors (Lipinski definition) is 10. The third-order valence-corrected chi connectivity index (χ3v) is 10.1. The maximum atomic E-state index is 12.1. The molecule has 0 aliphatic heterocycles. The number of carboxylic acid groups (broad SMARTS) is 1. The Labute approximate surface area is 363 Å². The molecule has 2 atom stereocenters. The van der Waals surface area contributed by atoms with Crippen LogP contribution in [0, 0.1) is 5.92 Å². The summed E-state index contributed by atoms with van der Waals surface area (Å²) in [4.78, 5) is 69.1. The van der Waals surface area contributed by atoms with Gasteiger partial charge in [0.2, 0.25) is 17.7 Å². The fourth-order valence-corrected chi connectivity index (χ4v) is 6.06. The molecule has 0 aromatic carbocycles. The summed E-state index contributed by atoms with van der Waals surface area (Å²) < 4.78 is 20.7. The van der Waals surface area contributed by atoms with Crippen molar-refractivity contribution in [3.63, 3.8) is 0 Å². The number of amides is 3. The number of ketones is 2. The van der Waals surface area contributed by atoms with Crippen molar-refractivity contribution in [1.82, 2.24) is 16.0 Å². The molecular formula is C46H87N3O11. The van der Waals surface area contributed by atoms with Gasteiger partial charge in [0, 0.05) is 58.4 Å². The SMILES string of the molecule is CCC(=O)NCCOCCOCC(=O)NCCCC[C@H](C)C(C)=O.CCCCCCCCCCCCCCCCCC(=O)NC(CCC(=O)CCCOCCOC)C(=O)O. The number of carbonyl (C=O) groups is 6. The molecule has 0 heterocycles. The summed E-state index contributed by atoms with van der Waals surface area (Å²) in [5.41, 5.74) is 0. The second kappa shape index (κ2) is 45.6. The van der Waals surface area contributed by atoms with Gasteiger partial charge in [-0.25, -0.2) is 4.79 Å². The van der Waals surface area contributed by atoms with E-state index in [2.05, 4.69) is 22.9 Å². The molecule has 352 valence electrons. The lowest BCUT2D eigenvalue weighted by Gasteiger charge is -2.14.